The van der Waals surface area contributed by atoms with E-state index in [1.165, 1.54) is 18.2 Å². The number of nitrogens with one attached hydrogen (secondary N) is 1. The number of nitriles is 1. The molecule has 0 unspecified atom stereocenters. The fourth-order valence-electron chi connectivity index (χ4n) is 1.65. The van der Waals surface area contributed by atoms with Crippen LogP contribution < -0.4 is 4.72 Å². The quantitative estimate of drug-likeness (QED) is 0.805. The number of hydrogen-bond acceptors (Lipinski definition) is 4. The molecule has 1 heterocycles. The summed E-state index contributed by atoms with van der Waals surface area (Å²) in [6, 6.07) is 9.76. The van der Waals surface area contributed by atoms with Gasteiger partial charge in [0.2, 0.25) is 0 Å². The molecule has 0 bridgehead atoms. The van der Waals surface area contributed by atoms with Gasteiger partial charge in [0.15, 0.2) is 0 Å². The molecule has 0 saturated heterocycles. The molecule has 0 atom stereocenters. The Bertz CT molecular complexity index is 780. The van der Waals surface area contributed by atoms with Crippen molar-refractivity contribution in [2.45, 2.75) is 11.8 Å². The number of aryl methyl sites for hydroxylation is 1. The number of rotatable bonds is 3. The smallest absolute Gasteiger partial charge is 0.263 e. The van der Waals surface area contributed by atoms with Gasteiger partial charge in [-0.05, 0) is 65.4 Å². The van der Waals surface area contributed by atoms with Crippen LogP contribution in [0.1, 0.15) is 11.1 Å². The van der Waals surface area contributed by atoms with Gasteiger partial charge in [-0.25, -0.2) is 13.4 Å². The second kappa shape index (κ2) is 5.76. The number of aromatic nitrogens is 1. The summed E-state index contributed by atoms with van der Waals surface area (Å²) in [6.45, 7) is 1.65. The predicted molar refractivity (Wildman–Crippen MR) is 83.7 cm³/mol. The van der Waals surface area contributed by atoms with Crippen LogP contribution in [0.2, 0.25) is 0 Å². The Hall–Kier alpha value is -1.66. The van der Waals surface area contributed by atoms with Crippen molar-refractivity contribution < 1.29 is 8.42 Å². The van der Waals surface area contributed by atoms with Crippen molar-refractivity contribution in [3.8, 4) is 6.07 Å². The van der Waals surface area contributed by atoms with Crippen molar-refractivity contribution in [1.82, 2.24) is 4.98 Å². The van der Waals surface area contributed by atoms with Crippen LogP contribution in [0, 0.1) is 21.8 Å². The topological polar surface area (TPSA) is 82.8 Å². The normalized spacial score (nSPS) is 10.8. The predicted octanol–water partition coefficient (Wildman–Crippen LogP) is 2.67. The van der Waals surface area contributed by atoms with Crippen LogP contribution in [0.4, 0.5) is 5.82 Å². The van der Waals surface area contributed by atoms with Crippen molar-refractivity contribution >= 4 is 38.4 Å². The number of nitrogens with zero attached hydrogens (tertiary/aromatic N) is 2. The molecule has 0 aliphatic rings. The van der Waals surface area contributed by atoms with Gasteiger partial charge in [-0.15, -0.1) is 0 Å². The highest BCUT2D eigenvalue weighted by Gasteiger charge is 2.17. The highest BCUT2D eigenvalue weighted by Crippen LogP contribution is 2.19. The zero-order valence-electron chi connectivity index (χ0n) is 10.5. The molecule has 1 N–H and O–H groups in total. The standard InChI is InChI=1S/C13H10IN3O2S/c1-9-6-10(7-15)2-4-12(9)20(18,19)17-13-5-3-11(14)8-16-13/h2-6,8H,1H3,(H,16,17). The SMILES string of the molecule is Cc1cc(C#N)ccc1S(=O)(=O)Nc1ccc(I)cn1. The third-order valence-corrected chi connectivity index (χ3v) is 4.71. The fourth-order valence-corrected chi connectivity index (χ4v) is 3.20. The summed E-state index contributed by atoms with van der Waals surface area (Å²) >= 11 is 2.09. The van der Waals surface area contributed by atoms with Crippen molar-refractivity contribution in [3.05, 3.63) is 51.2 Å². The lowest BCUT2D eigenvalue weighted by molar-refractivity contribution is 0.600. The van der Waals surface area contributed by atoms with E-state index in [4.69, 9.17) is 5.26 Å². The van der Waals surface area contributed by atoms with Gasteiger partial charge in [0.05, 0.1) is 16.5 Å². The summed E-state index contributed by atoms with van der Waals surface area (Å²) < 4.78 is 27.9. The van der Waals surface area contributed by atoms with E-state index in [2.05, 4.69) is 32.3 Å². The summed E-state index contributed by atoms with van der Waals surface area (Å²) in [4.78, 5) is 4.14. The molecular formula is C13H10IN3O2S. The summed E-state index contributed by atoms with van der Waals surface area (Å²) in [7, 11) is -3.71. The zero-order valence-corrected chi connectivity index (χ0v) is 13.4. The largest absolute Gasteiger partial charge is 0.263 e. The minimum Gasteiger partial charge on any atom is -0.263 e. The number of halogens is 1. The first kappa shape index (κ1) is 14.7. The Labute approximate surface area is 130 Å². The van der Waals surface area contributed by atoms with Crippen LogP contribution in [0.15, 0.2) is 41.4 Å². The number of anilines is 1. The van der Waals surface area contributed by atoms with Gasteiger partial charge in [0.25, 0.3) is 10.0 Å². The average Bonchev–Trinajstić information content (AvgIpc) is 2.40. The zero-order chi connectivity index (χ0) is 14.8. The Morgan fingerprint density at radius 1 is 1.30 bits per heavy atom. The monoisotopic (exact) mass is 399 g/mol. The second-order valence-corrected chi connectivity index (χ2v) is 6.96. The van der Waals surface area contributed by atoms with Gasteiger partial charge in [0.1, 0.15) is 5.82 Å². The molecular weight excluding hydrogens is 389 g/mol. The maximum atomic E-state index is 12.3. The number of hydrogen-bond donors (Lipinski definition) is 1. The Kier molecular flexibility index (Phi) is 4.25. The molecule has 0 aliphatic carbocycles. The van der Waals surface area contributed by atoms with Crippen molar-refractivity contribution in [1.29, 1.82) is 5.26 Å². The molecule has 5 nitrogen and oxygen atoms in total. The van der Waals surface area contributed by atoms with E-state index in [0.29, 0.717) is 11.1 Å². The summed E-state index contributed by atoms with van der Waals surface area (Å²) in [5.41, 5.74) is 0.941. The molecule has 1 aromatic heterocycles. The lowest BCUT2D eigenvalue weighted by atomic mass is 10.2. The number of sulfonamides is 1. The van der Waals surface area contributed by atoms with E-state index in [1.807, 2.05) is 6.07 Å². The molecule has 0 saturated carbocycles. The van der Waals surface area contributed by atoms with Crippen LogP contribution in [-0.2, 0) is 10.0 Å². The van der Waals surface area contributed by atoms with E-state index in [0.717, 1.165) is 3.57 Å². The van der Waals surface area contributed by atoms with E-state index >= 15 is 0 Å². The molecule has 2 aromatic rings. The Balaban J connectivity index is 2.36. The third-order valence-electron chi connectivity index (χ3n) is 2.56. The lowest BCUT2D eigenvalue weighted by Crippen LogP contribution is -2.15. The lowest BCUT2D eigenvalue weighted by Gasteiger charge is -2.09. The van der Waals surface area contributed by atoms with Crippen LogP contribution >= 0.6 is 22.6 Å². The molecule has 102 valence electrons. The first-order chi connectivity index (χ1) is 9.42. The summed E-state index contributed by atoms with van der Waals surface area (Å²) in [5, 5.41) is 8.79. The molecule has 20 heavy (non-hydrogen) atoms. The highest BCUT2D eigenvalue weighted by molar-refractivity contribution is 14.1. The van der Waals surface area contributed by atoms with E-state index in [-0.39, 0.29) is 10.7 Å². The van der Waals surface area contributed by atoms with Crippen molar-refractivity contribution in [2.75, 3.05) is 4.72 Å². The molecule has 0 amide bonds. The van der Waals surface area contributed by atoms with Gasteiger partial charge in [-0.2, -0.15) is 5.26 Å². The van der Waals surface area contributed by atoms with E-state index in [9.17, 15) is 8.42 Å². The number of benzene rings is 1. The van der Waals surface area contributed by atoms with E-state index < -0.39 is 10.0 Å². The Morgan fingerprint density at radius 3 is 2.60 bits per heavy atom. The second-order valence-electron chi connectivity index (χ2n) is 4.06. The van der Waals surface area contributed by atoms with Gasteiger partial charge < -0.3 is 0 Å². The Morgan fingerprint density at radius 2 is 2.05 bits per heavy atom. The van der Waals surface area contributed by atoms with Gasteiger partial charge in [-0.3, -0.25) is 4.72 Å². The van der Waals surface area contributed by atoms with Gasteiger partial charge >= 0.3 is 0 Å². The summed E-state index contributed by atoms with van der Waals surface area (Å²) in [5.74, 6) is 0.258. The summed E-state index contributed by atoms with van der Waals surface area (Å²) in [6.07, 6.45) is 1.57. The van der Waals surface area contributed by atoms with Crippen LogP contribution in [-0.4, -0.2) is 13.4 Å². The maximum Gasteiger partial charge on any atom is 0.263 e. The molecule has 0 spiro atoms. The van der Waals surface area contributed by atoms with Crippen molar-refractivity contribution in [3.63, 3.8) is 0 Å². The first-order valence-corrected chi connectivity index (χ1v) is 8.14. The van der Waals surface area contributed by atoms with Gasteiger partial charge in [0, 0.05) is 9.77 Å². The minimum atomic E-state index is -3.71. The molecule has 7 heteroatoms. The maximum absolute atomic E-state index is 12.3. The van der Waals surface area contributed by atoms with Crippen LogP contribution in [0.3, 0.4) is 0 Å². The number of pyridine rings is 1. The molecule has 1 aromatic carbocycles. The average molecular weight is 399 g/mol. The fraction of sp³-hybridized carbons (Fsp3) is 0.0769. The van der Waals surface area contributed by atoms with Gasteiger partial charge in [-0.1, -0.05) is 0 Å². The molecule has 0 fully saturated rings. The van der Waals surface area contributed by atoms with Crippen LogP contribution in [0.25, 0.3) is 0 Å². The molecule has 0 aliphatic heterocycles. The third kappa shape index (κ3) is 3.26. The molecule has 2 rings (SSSR count). The first-order valence-electron chi connectivity index (χ1n) is 5.57. The van der Waals surface area contributed by atoms with E-state index in [1.54, 1.807) is 25.3 Å². The van der Waals surface area contributed by atoms with Crippen molar-refractivity contribution in [2.24, 2.45) is 0 Å². The minimum absolute atomic E-state index is 0.136. The molecule has 0 radical (unpaired) electrons. The van der Waals surface area contributed by atoms with Crippen LogP contribution in [0.5, 0.6) is 0 Å². The highest BCUT2D eigenvalue weighted by atomic mass is 127.